The first kappa shape index (κ1) is 21.4. The van der Waals surface area contributed by atoms with Crippen molar-refractivity contribution in [2.45, 2.75) is 50.8 Å². The zero-order chi connectivity index (χ0) is 20.9. The second-order valence-electron chi connectivity index (χ2n) is 7.59. The van der Waals surface area contributed by atoms with E-state index in [1.807, 2.05) is 0 Å². The van der Waals surface area contributed by atoms with Crippen LogP contribution < -0.4 is 14.8 Å². The van der Waals surface area contributed by atoms with Gasteiger partial charge >= 0.3 is 0 Å². The lowest BCUT2D eigenvalue weighted by Crippen LogP contribution is -2.37. The van der Waals surface area contributed by atoms with Crippen LogP contribution in [0.15, 0.2) is 36.4 Å². The third kappa shape index (κ3) is 6.11. The Labute approximate surface area is 171 Å². The van der Waals surface area contributed by atoms with E-state index in [4.69, 9.17) is 4.74 Å². The number of aromatic nitrogens is 2. The molecule has 0 bridgehead atoms. The van der Waals surface area contributed by atoms with Crippen LogP contribution in [0.4, 0.5) is 10.2 Å². The van der Waals surface area contributed by atoms with E-state index in [9.17, 15) is 12.8 Å². The number of ether oxygens (including phenoxy) is 1. The first-order valence-corrected chi connectivity index (χ1v) is 11.4. The highest BCUT2D eigenvalue weighted by Gasteiger charge is 2.24. The van der Waals surface area contributed by atoms with Gasteiger partial charge in [0.25, 0.3) is 0 Å². The zero-order valence-electron chi connectivity index (χ0n) is 16.6. The zero-order valence-corrected chi connectivity index (χ0v) is 17.5. The lowest BCUT2D eigenvalue weighted by Gasteiger charge is -2.29. The number of para-hydroxylation sites is 1. The van der Waals surface area contributed by atoms with E-state index in [0.29, 0.717) is 18.3 Å². The van der Waals surface area contributed by atoms with Crippen LogP contribution in [0.25, 0.3) is 0 Å². The molecule has 3 rings (SSSR count). The molecule has 158 valence electrons. The number of anilines is 1. The Kier molecular flexibility index (Phi) is 7.02. The van der Waals surface area contributed by atoms with Crippen molar-refractivity contribution < 1.29 is 17.5 Å². The highest BCUT2D eigenvalue weighted by atomic mass is 32.2. The number of hydrogen-bond donors (Lipinski definition) is 2. The molecule has 29 heavy (non-hydrogen) atoms. The average Bonchev–Trinajstić information content (AvgIpc) is 2.70. The fourth-order valence-electron chi connectivity index (χ4n) is 3.21. The van der Waals surface area contributed by atoms with Gasteiger partial charge in [0.2, 0.25) is 15.9 Å². The largest absolute Gasteiger partial charge is 0.434 e. The molecule has 1 heterocycles. The summed E-state index contributed by atoms with van der Waals surface area (Å²) >= 11 is 0. The Bertz CT molecular complexity index is 898. The number of hydrogen-bond acceptors (Lipinski definition) is 6. The van der Waals surface area contributed by atoms with Gasteiger partial charge in [0.15, 0.2) is 11.6 Å². The first-order chi connectivity index (χ1) is 13.8. The monoisotopic (exact) mass is 422 g/mol. The quantitative estimate of drug-likeness (QED) is 0.674. The number of rotatable bonds is 8. The summed E-state index contributed by atoms with van der Waals surface area (Å²) in [5.74, 6) is 0.860. The molecule has 0 aliphatic heterocycles. The Morgan fingerprint density at radius 1 is 1.10 bits per heavy atom. The molecule has 0 saturated heterocycles. The van der Waals surface area contributed by atoms with Crippen LogP contribution in [0.1, 0.15) is 39.5 Å². The normalized spacial score (nSPS) is 19.9. The molecule has 0 spiro atoms. The molecule has 7 nitrogen and oxygen atoms in total. The van der Waals surface area contributed by atoms with Crippen molar-refractivity contribution in [2.75, 3.05) is 11.9 Å². The Morgan fingerprint density at radius 2 is 1.83 bits per heavy atom. The fraction of sp³-hybridized carbons (Fsp3) is 0.500. The van der Waals surface area contributed by atoms with E-state index < -0.39 is 21.1 Å². The van der Waals surface area contributed by atoms with Gasteiger partial charge in [0, 0.05) is 18.7 Å². The maximum atomic E-state index is 13.6. The van der Waals surface area contributed by atoms with Crippen molar-refractivity contribution in [1.29, 1.82) is 0 Å². The molecule has 0 unspecified atom stereocenters. The first-order valence-electron chi connectivity index (χ1n) is 9.84. The van der Waals surface area contributed by atoms with E-state index in [1.54, 1.807) is 38.1 Å². The van der Waals surface area contributed by atoms with Gasteiger partial charge in [-0.05, 0) is 63.6 Å². The molecule has 1 aliphatic carbocycles. The van der Waals surface area contributed by atoms with Crippen molar-refractivity contribution in [2.24, 2.45) is 5.92 Å². The maximum Gasteiger partial charge on any atom is 0.239 e. The molecular formula is C20H27FN4O3S. The van der Waals surface area contributed by atoms with Gasteiger partial charge in [-0.2, -0.15) is 0 Å². The summed E-state index contributed by atoms with van der Waals surface area (Å²) in [5.41, 5.74) is 0. The lowest BCUT2D eigenvalue weighted by atomic mass is 9.86. The van der Waals surface area contributed by atoms with Gasteiger partial charge < -0.3 is 10.1 Å². The predicted octanol–water partition coefficient (Wildman–Crippen LogP) is 3.71. The van der Waals surface area contributed by atoms with Crippen molar-refractivity contribution >= 4 is 15.8 Å². The smallest absolute Gasteiger partial charge is 0.239 e. The van der Waals surface area contributed by atoms with Gasteiger partial charge in [-0.3, -0.25) is 0 Å². The van der Waals surface area contributed by atoms with E-state index >= 15 is 0 Å². The molecule has 1 aromatic carbocycles. The molecule has 2 N–H and O–H groups in total. The number of nitrogens with one attached hydrogen (secondary N) is 2. The minimum absolute atomic E-state index is 0.105. The topological polar surface area (TPSA) is 93.2 Å². The Morgan fingerprint density at radius 3 is 2.45 bits per heavy atom. The second kappa shape index (κ2) is 9.49. The van der Waals surface area contributed by atoms with Crippen LogP contribution in [0.5, 0.6) is 11.6 Å². The molecule has 0 radical (unpaired) electrons. The minimum atomic E-state index is -3.21. The highest BCUT2D eigenvalue weighted by Crippen LogP contribution is 2.27. The average molecular weight is 423 g/mol. The van der Waals surface area contributed by atoms with Crippen molar-refractivity contribution in [3.8, 4) is 11.6 Å². The summed E-state index contributed by atoms with van der Waals surface area (Å²) in [6.07, 6.45) is 3.76. The van der Waals surface area contributed by atoms with Gasteiger partial charge in [-0.15, -0.1) is 10.2 Å². The summed E-state index contributed by atoms with van der Waals surface area (Å²) in [6.45, 7) is 3.85. The Balaban J connectivity index is 1.45. The Hall–Kier alpha value is -2.26. The van der Waals surface area contributed by atoms with E-state index in [1.165, 1.54) is 12.1 Å². The second-order valence-corrected chi connectivity index (χ2v) is 9.92. The fourth-order valence-corrected chi connectivity index (χ4v) is 4.01. The minimum Gasteiger partial charge on any atom is -0.434 e. The third-order valence-electron chi connectivity index (χ3n) is 5.08. The summed E-state index contributed by atoms with van der Waals surface area (Å²) in [5, 5.41) is 11.0. The molecule has 1 aromatic heterocycles. The van der Waals surface area contributed by atoms with E-state index in [2.05, 4.69) is 20.2 Å². The molecule has 2 aromatic rings. The molecule has 9 heteroatoms. The number of benzene rings is 1. The number of nitrogens with zero attached hydrogens (tertiary/aromatic N) is 2. The lowest BCUT2D eigenvalue weighted by molar-refractivity contribution is 0.336. The summed E-state index contributed by atoms with van der Waals surface area (Å²) in [4.78, 5) is 0. The van der Waals surface area contributed by atoms with Crippen molar-refractivity contribution in [3.63, 3.8) is 0 Å². The van der Waals surface area contributed by atoms with Crippen LogP contribution in [0, 0.1) is 11.7 Å². The van der Waals surface area contributed by atoms with Crippen molar-refractivity contribution in [1.82, 2.24) is 14.9 Å². The van der Waals surface area contributed by atoms with E-state index in [0.717, 1.165) is 25.7 Å². The summed E-state index contributed by atoms with van der Waals surface area (Å²) in [7, 11) is -3.21. The van der Waals surface area contributed by atoms with Crippen molar-refractivity contribution in [3.05, 3.63) is 42.2 Å². The molecule has 1 fully saturated rings. The van der Waals surface area contributed by atoms with Gasteiger partial charge in [-0.1, -0.05) is 12.1 Å². The predicted molar refractivity (Wildman–Crippen MR) is 110 cm³/mol. The molecule has 0 atom stereocenters. The van der Waals surface area contributed by atoms with Crippen LogP contribution in [0.3, 0.4) is 0 Å². The van der Waals surface area contributed by atoms with Gasteiger partial charge in [0.05, 0.1) is 5.25 Å². The standard InChI is InChI=1S/C20H27FN4O3S/c1-14(2)29(26,27)22-13-15-7-9-16(10-8-15)23-19-11-12-20(25-24-19)28-18-6-4-3-5-17(18)21/h3-6,11-12,14-16,22H,7-10,13H2,1-2H3,(H,23,24). The van der Waals surface area contributed by atoms with Crippen LogP contribution >= 0.6 is 0 Å². The SMILES string of the molecule is CC(C)S(=O)(=O)NCC1CCC(Nc2ccc(Oc3ccccc3F)nn2)CC1. The molecule has 0 amide bonds. The molecule has 1 saturated carbocycles. The molecule has 1 aliphatic rings. The number of sulfonamides is 1. The van der Waals surface area contributed by atoms with Crippen LogP contribution in [-0.4, -0.2) is 36.5 Å². The number of halogens is 1. The summed E-state index contributed by atoms with van der Waals surface area (Å²) < 4.78 is 45.5. The maximum absolute atomic E-state index is 13.6. The van der Waals surface area contributed by atoms with Crippen LogP contribution in [0.2, 0.25) is 0 Å². The van der Waals surface area contributed by atoms with E-state index in [-0.39, 0.29) is 17.7 Å². The third-order valence-corrected chi connectivity index (χ3v) is 6.89. The highest BCUT2D eigenvalue weighted by molar-refractivity contribution is 7.90. The van der Waals surface area contributed by atoms with Gasteiger partial charge in [-0.25, -0.2) is 17.5 Å². The van der Waals surface area contributed by atoms with Crippen LogP contribution in [-0.2, 0) is 10.0 Å². The molecular weight excluding hydrogens is 395 g/mol. The van der Waals surface area contributed by atoms with Gasteiger partial charge in [0.1, 0.15) is 5.82 Å². The summed E-state index contributed by atoms with van der Waals surface area (Å²) in [6, 6.07) is 9.80.